The predicted molar refractivity (Wildman–Crippen MR) is 91.9 cm³/mol. The third-order valence-corrected chi connectivity index (χ3v) is 4.14. The van der Waals surface area contributed by atoms with E-state index in [4.69, 9.17) is 10.2 Å². The van der Waals surface area contributed by atoms with Crippen molar-refractivity contribution in [3.8, 4) is 0 Å². The smallest absolute Gasteiger partial charge is 0.291 e. The van der Waals surface area contributed by atoms with Crippen molar-refractivity contribution in [2.75, 3.05) is 11.1 Å². The van der Waals surface area contributed by atoms with Crippen LogP contribution in [0.5, 0.6) is 0 Å². The zero-order valence-electron chi connectivity index (χ0n) is 12.8. The molecule has 2 aromatic heterocycles. The number of furan rings is 1. The van der Waals surface area contributed by atoms with Gasteiger partial charge in [-0.3, -0.25) is 14.6 Å². The summed E-state index contributed by atoms with van der Waals surface area (Å²) in [6, 6.07) is 9.00. The number of halogens is 1. The summed E-state index contributed by atoms with van der Waals surface area (Å²) < 4.78 is 17.8. The summed E-state index contributed by atoms with van der Waals surface area (Å²) in [6.45, 7) is 0. The number of hydrogen-bond donors (Lipinski definition) is 3. The monoisotopic (exact) mass is 360 g/mol. The fourth-order valence-corrected chi connectivity index (χ4v) is 2.80. The molecule has 0 bridgehead atoms. The minimum absolute atomic E-state index is 0.0496. The number of amides is 1. The van der Waals surface area contributed by atoms with Crippen molar-refractivity contribution in [1.29, 1.82) is 0 Å². The van der Waals surface area contributed by atoms with E-state index in [1.54, 1.807) is 18.2 Å². The van der Waals surface area contributed by atoms with Crippen LogP contribution >= 0.6 is 11.8 Å². The Hall–Kier alpha value is -3.07. The van der Waals surface area contributed by atoms with Gasteiger partial charge in [0.15, 0.2) is 22.4 Å². The molecule has 9 heteroatoms. The molecule has 0 fully saturated rings. The van der Waals surface area contributed by atoms with Gasteiger partial charge in [0.2, 0.25) is 0 Å². The SMILES string of the molecule is Nc1nc(SCc2ccc(F)cc2)[nH]c(=O)c1NC(=O)c1ccco1. The molecule has 4 N–H and O–H groups in total. The highest BCUT2D eigenvalue weighted by Gasteiger charge is 2.15. The Morgan fingerprint density at radius 2 is 2.08 bits per heavy atom. The van der Waals surface area contributed by atoms with E-state index in [9.17, 15) is 14.0 Å². The Morgan fingerprint density at radius 1 is 1.32 bits per heavy atom. The summed E-state index contributed by atoms with van der Waals surface area (Å²) in [5.41, 5.74) is 5.92. The first kappa shape index (κ1) is 16.8. The van der Waals surface area contributed by atoms with Crippen LogP contribution in [0.25, 0.3) is 0 Å². The number of nitrogens with two attached hydrogens (primary N) is 1. The second kappa shape index (κ2) is 7.22. The number of rotatable bonds is 5. The van der Waals surface area contributed by atoms with Gasteiger partial charge in [-0.1, -0.05) is 23.9 Å². The van der Waals surface area contributed by atoms with Gasteiger partial charge >= 0.3 is 0 Å². The summed E-state index contributed by atoms with van der Waals surface area (Å²) in [4.78, 5) is 30.7. The maximum atomic E-state index is 12.9. The van der Waals surface area contributed by atoms with Crippen LogP contribution in [-0.4, -0.2) is 15.9 Å². The van der Waals surface area contributed by atoms with Gasteiger partial charge in [0.05, 0.1) is 6.26 Å². The van der Waals surface area contributed by atoms with E-state index in [-0.39, 0.29) is 23.1 Å². The third kappa shape index (κ3) is 4.07. The van der Waals surface area contributed by atoms with Gasteiger partial charge in [0.1, 0.15) is 5.82 Å². The van der Waals surface area contributed by atoms with Crippen molar-refractivity contribution in [1.82, 2.24) is 9.97 Å². The second-order valence-corrected chi connectivity index (χ2v) is 5.94. The number of thioether (sulfide) groups is 1. The van der Waals surface area contributed by atoms with Crippen molar-refractivity contribution < 1.29 is 13.6 Å². The molecule has 2 heterocycles. The first-order valence-corrected chi connectivity index (χ1v) is 8.13. The number of nitrogens with one attached hydrogen (secondary N) is 2. The Labute approximate surface area is 145 Å². The van der Waals surface area contributed by atoms with Crippen LogP contribution in [0.1, 0.15) is 16.1 Å². The van der Waals surface area contributed by atoms with Gasteiger partial charge in [-0.2, -0.15) is 0 Å². The molecule has 1 aromatic carbocycles. The number of benzene rings is 1. The van der Waals surface area contributed by atoms with E-state index in [1.807, 2.05) is 0 Å². The number of carbonyl (C=O) groups excluding carboxylic acids is 1. The number of carbonyl (C=O) groups is 1. The molecule has 128 valence electrons. The molecule has 0 unspecified atom stereocenters. The van der Waals surface area contributed by atoms with E-state index in [2.05, 4.69) is 15.3 Å². The summed E-state index contributed by atoms with van der Waals surface area (Å²) in [6.07, 6.45) is 1.34. The normalized spacial score (nSPS) is 10.6. The number of nitrogen functional groups attached to an aromatic ring is 1. The van der Waals surface area contributed by atoms with Gasteiger partial charge in [-0.05, 0) is 29.8 Å². The number of H-pyrrole nitrogens is 1. The maximum absolute atomic E-state index is 12.9. The Morgan fingerprint density at radius 3 is 2.72 bits per heavy atom. The molecule has 0 saturated heterocycles. The molecule has 3 rings (SSSR count). The Bertz CT molecular complexity index is 939. The fraction of sp³-hybridized carbons (Fsp3) is 0.0625. The average Bonchev–Trinajstić information content (AvgIpc) is 3.12. The Kier molecular flexibility index (Phi) is 4.85. The van der Waals surface area contributed by atoms with Crippen molar-refractivity contribution in [2.45, 2.75) is 10.9 Å². The first-order chi connectivity index (χ1) is 12.0. The molecular formula is C16H13FN4O3S. The lowest BCUT2D eigenvalue weighted by molar-refractivity contribution is 0.0996. The average molecular weight is 360 g/mol. The van der Waals surface area contributed by atoms with Gasteiger partial charge in [-0.25, -0.2) is 9.37 Å². The van der Waals surface area contributed by atoms with Crippen molar-refractivity contribution in [2.24, 2.45) is 0 Å². The highest BCUT2D eigenvalue weighted by molar-refractivity contribution is 7.98. The van der Waals surface area contributed by atoms with E-state index in [0.29, 0.717) is 10.9 Å². The summed E-state index contributed by atoms with van der Waals surface area (Å²) in [5, 5.41) is 2.67. The molecule has 0 aliphatic carbocycles. The molecule has 3 aromatic rings. The number of aromatic amines is 1. The van der Waals surface area contributed by atoms with E-state index in [1.165, 1.54) is 36.2 Å². The van der Waals surface area contributed by atoms with Crippen molar-refractivity contribution in [3.05, 3.63) is 70.2 Å². The van der Waals surface area contributed by atoms with Crippen molar-refractivity contribution >= 4 is 29.2 Å². The minimum atomic E-state index is -0.601. The molecule has 0 radical (unpaired) electrons. The van der Waals surface area contributed by atoms with Crippen LogP contribution in [0.2, 0.25) is 0 Å². The molecule has 0 spiro atoms. The first-order valence-electron chi connectivity index (χ1n) is 7.15. The standard InChI is InChI=1S/C16H13FN4O3S/c17-10-5-3-9(4-6-10)8-25-16-20-13(18)12(15(23)21-16)19-14(22)11-2-1-7-24-11/h1-7H,8H2,(H,19,22)(H3,18,20,21,23). The maximum Gasteiger partial charge on any atom is 0.291 e. The lowest BCUT2D eigenvalue weighted by Crippen LogP contribution is -2.22. The van der Waals surface area contributed by atoms with Gasteiger partial charge < -0.3 is 15.5 Å². The summed E-state index contributed by atoms with van der Waals surface area (Å²) in [5.74, 6) is -0.503. The minimum Gasteiger partial charge on any atom is -0.459 e. The molecule has 0 atom stereocenters. The zero-order chi connectivity index (χ0) is 17.8. The number of anilines is 2. The summed E-state index contributed by atoms with van der Waals surface area (Å²) >= 11 is 1.23. The van der Waals surface area contributed by atoms with Gasteiger partial charge in [0, 0.05) is 5.75 Å². The van der Waals surface area contributed by atoms with Crippen LogP contribution in [0.3, 0.4) is 0 Å². The van der Waals surface area contributed by atoms with E-state index >= 15 is 0 Å². The molecule has 25 heavy (non-hydrogen) atoms. The van der Waals surface area contributed by atoms with Crippen molar-refractivity contribution in [3.63, 3.8) is 0 Å². The summed E-state index contributed by atoms with van der Waals surface area (Å²) in [7, 11) is 0. The highest BCUT2D eigenvalue weighted by Crippen LogP contribution is 2.21. The zero-order valence-corrected chi connectivity index (χ0v) is 13.6. The van der Waals surface area contributed by atoms with Gasteiger partial charge in [-0.15, -0.1) is 0 Å². The largest absolute Gasteiger partial charge is 0.459 e. The quantitative estimate of drug-likeness (QED) is 0.476. The topological polar surface area (TPSA) is 114 Å². The third-order valence-electron chi connectivity index (χ3n) is 3.20. The van der Waals surface area contributed by atoms with E-state index < -0.39 is 11.5 Å². The lowest BCUT2D eigenvalue weighted by atomic mass is 10.2. The molecule has 0 aliphatic heterocycles. The predicted octanol–water partition coefficient (Wildman–Crippen LogP) is 2.63. The molecular weight excluding hydrogens is 347 g/mol. The number of aromatic nitrogens is 2. The highest BCUT2D eigenvalue weighted by atomic mass is 32.2. The fourth-order valence-electron chi connectivity index (χ4n) is 1.97. The Balaban J connectivity index is 1.72. The number of hydrogen-bond acceptors (Lipinski definition) is 6. The molecule has 0 saturated carbocycles. The van der Waals surface area contributed by atoms with E-state index in [0.717, 1.165) is 5.56 Å². The van der Waals surface area contributed by atoms with Gasteiger partial charge in [0.25, 0.3) is 11.5 Å². The van der Waals surface area contributed by atoms with Crippen LogP contribution in [-0.2, 0) is 5.75 Å². The molecule has 7 nitrogen and oxygen atoms in total. The lowest BCUT2D eigenvalue weighted by Gasteiger charge is -2.07. The molecule has 0 aliphatic rings. The van der Waals surface area contributed by atoms with Crippen LogP contribution in [0.15, 0.2) is 57.0 Å². The second-order valence-electron chi connectivity index (χ2n) is 4.98. The molecule has 1 amide bonds. The number of nitrogens with zero attached hydrogens (tertiary/aromatic N) is 1. The van der Waals surface area contributed by atoms with Crippen LogP contribution < -0.4 is 16.6 Å². The van der Waals surface area contributed by atoms with Crippen LogP contribution in [0, 0.1) is 5.82 Å². The van der Waals surface area contributed by atoms with Crippen LogP contribution in [0.4, 0.5) is 15.9 Å².